The first-order valence-electron chi connectivity index (χ1n) is 0.583. The van der Waals surface area contributed by atoms with Gasteiger partial charge in [0.25, 0.3) is 0 Å². The van der Waals surface area contributed by atoms with Crippen LogP contribution in [-0.2, 0) is 4.57 Å². The molecule has 0 saturated carbocycles. The number of rotatable bonds is 0. The summed E-state index contributed by atoms with van der Waals surface area (Å²) in [5, 5.41) is 0. The summed E-state index contributed by atoms with van der Waals surface area (Å²) in [6, 6.07) is 0. The molecule has 0 atom stereocenters. The molecule has 0 aromatic carbocycles. The Kier molecular flexibility index (Phi) is 8.45. The first kappa shape index (κ1) is 9.15. The van der Waals surface area contributed by atoms with Gasteiger partial charge >= 0.3 is 27.1 Å². The van der Waals surface area contributed by atoms with E-state index in [0.29, 0.717) is 0 Å². The Balaban J connectivity index is -0.0000000450. The summed E-state index contributed by atoms with van der Waals surface area (Å²) < 4.78 is 8.70. The van der Waals surface area contributed by atoms with Crippen LogP contribution in [0.5, 0.6) is 0 Å². The van der Waals surface area contributed by atoms with Gasteiger partial charge in [-0.3, -0.25) is 0 Å². The molecule has 5 heteroatoms. The van der Waals surface area contributed by atoms with Gasteiger partial charge in [0.2, 0.25) is 0 Å². The molecule has 0 spiro atoms. The van der Waals surface area contributed by atoms with Crippen LogP contribution in [0, 0.1) is 0 Å². The smallest absolute Gasteiger partial charge is 1.00 e. The molecule has 0 radical (unpaired) electrons. The zero-order valence-corrected chi connectivity index (χ0v) is 3.64. The molecule has 0 saturated heterocycles. The Labute approximate surface area is 43.6 Å². The van der Waals surface area contributed by atoms with Crippen LogP contribution < -0.4 is 18.9 Å². The molecule has 0 aliphatic heterocycles. The molecule has 0 bridgehead atoms. The predicted octanol–water partition coefficient (Wildman–Crippen LogP) is -3.26. The topological polar surface area (TPSA) is 57.5 Å². The second kappa shape index (κ2) is 4.62. The normalized spacial score (nSPS) is 5.20. The van der Waals surface area contributed by atoms with Crippen molar-refractivity contribution in [2.24, 2.45) is 0 Å². The molecular formula is H3LiO3P+. The Bertz CT molecular complexity index is 33.8. The van der Waals surface area contributed by atoms with Gasteiger partial charge < -0.3 is 1.43 Å². The van der Waals surface area contributed by atoms with Crippen LogP contribution in [0.15, 0.2) is 0 Å². The van der Waals surface area contributed by atoms with Crippen molar-refractivity contribution in [3.63, 3.8) is 0 Å². The van der Waals surface area contributed by atoms with E-state index in [1.54, 1.807) is 0 Å². The van der Waals surface area contributed by atoms with Crippen LogP contribution in [0.4, 0.5) is 0 Å². The molecule has 0 aliphatic rings. The second-order valence-corrected chi connectivity index (χ2v) is 0.758. The quantitative estimate of drug-likeness (QED) is 0.242. The summed E-state index contributed by atoms with van der Waals surface area (Å²) in [5.41, 5.74) is 0. The summed E-state index contributed by atoms with van der Waals surface area (Å²) in [5.74, 6) is 0. The predicted molar refractivity (Wildman–Crippen MR) is 13.2 cm³/mol. The second-order valence-electron chi connectivity index (χ2n) is 0.253. The Morgan fingerprint density at radius 1 is 1.60 bits per heavy atom. The van der Waals surface area contributed by atoms with E-state index in [9.17, 15) is 0 Å². The van der Waals surface area contributed by atoms with Crippen molar-refractivity contribution < 1.29 is 34.6 Å². The van der Waals surface area contributed by atoms with Crippen LogP contribution in [0.1, 0.15) is 1.43 Å². The van der Waals surface area contributed by atoms with E-state index in [1.165, 1.54) is 0 Å². The van der Waals surface area contributed by atoms with Gasteiger partial charge in [0, 0.05) is 4.57 Å². The summed E-state index contributed by atoms with van der Waals surface area (Å²) in [7, 11) is -2.87. The molecule has 0 rings (SSSR count). The molecule has 0 heterocycles. The van der Waals surface area contributed by atoms with Crippen LogP contribution in [-0.4, -0.2) is 9.79 Å². The Morgan fingerprint density at radius 3 is 1.60 bits per heavy atom. The zero-order valence-electron chi connectivity index (χ0n) is 3.75. The molecule has 0 aromatic heterocycles. The van der Waals surface area contributed by atoms with Gasteiger partial charge in [-0.25, -0.2) is 0 Å². The summed E-state index contributed by atoms with van der Waals surface area (Å²) >= 11 is 0. The first-order chi connectivity index (χ1) is 1.73. The van der Waals surface area contributed by atoms with Gasteiger partial charge in [-0.05, 0) is 0 Å². The van der Waals surface area contributed by atoms with E-state index in [-0.39, 0.29) is 20.3 Å². The van der Waals surface area contributed by atoms with Crippen LogP contribution in [0.25, 0.3) is 0 Å². The monoisotopic (exact) mass is 89.0 g/mol. The number of hydrogen-bond acceptors (Lipinski definition) is 1. The summed E-state index contributed by atoms with van der Waals surface area (Å²) in [6.07, 6.45) is 0. The Morgan fingerprint density at radius 2 is 1.60 bits per heavy atom. The van der Waals surface area contributed by atoms with E-state index in [0.717, 1.165) is 0 Å². The third kappa shape index (κ3) is 83.0. The van der Waals surface area contributed by atoms with Crippen molar-refractivity contribution in [3.05, 3.63) is 0 Å². The van der Waals surface area contributed by atoms with Crippen molar-refractivity contribution in [2.75, 3.05) is 0 Å². The SMILES string of the molecule is O=[P+](O)O.[H-].[Li+]. The van der Waals surface area contributed by atoms with E-state index in [2.05, 4.69) is 0 Å². The van der Waals surface area contributed by atoms with Crippen molar-refractivity contribution >= 4 is 8.25 Å². The summed E-state index contributed by atoms with van der Waals surface area (Å²) in [6.45, 7) is 0. The van der Waals surface area contributed by atoms with Gasteiger partial charge in [-0.1, -0.05) is 0 Å². The first-order valence-corrected chi connectivity index (χ1v) is 1.75. The molecular weight excluding hydrogens is 85.9 g/mol. The maximum Gasteiger partial charge on any atom is 1.00 e. The van der Waals surface area contributed by atoms with Crippen LogP contribution in [0.2, 0.25) is 0 Å². The van der Waals surface area contributed by atoms with Gasteiger partial charge in [0.1, 0.15) is 0 Å². The fraction of sp³-hybridized carbons (Fsp3) is 0. The molecule has 2 N–H and O–H groups in total. The van der Waals surface area contributed by atoms with Crippen molar-refractivity contribution in [1.29, 1.82) is 0 Å². The van der Waals surface area contributed by atoms with Crippen molar-refractivity contribution in [1.82, 2.24) is 0 Å². The van der Waals surface area contributed by atoms with Gasteiger partial charge in [-0.2, -0.15) is 0 Å². The third-order valence-electron chi connectivity index (χ3n) is 0. The number of hydrogen-bond donors (Lipinski definition) is 2. The average molecular weight is 88.9 g/mol. The standard InChI is InChI=1S/Li.HO3P.H/c;1-4(2)3;/h;(H-,1,2,3);/q+1;;-1/p+1. The molecule has 0 fully saturated rings. The van der Waals surface area contributed by atoms with E-state index < -0.39 is 8.25 Å². The minimum absolute atomic E-state index is 0. The maximum absolute atomic E-state index is 8.70. The maximum atomic E-state index is 8.70. The molecule has 0 unspecified atom stereocenters. The third-order valence-corrected chi connectivity index (χ3v) is 0. The largest absolute Gasteiger partial charge is 1.00 e. The van der Waals surface area contributed by atoms with Gasteiger partial charge in [0.15, 0.2) is 0 Å². The van der Waals surface area contributed by atoms with Crippen molar-refractivity contribution in [2.45, 2.75) is 0 Å². The zero-order chi connectivity index (χ0) is 3.58. The summed E-state index contributed by atoms with van der Waals surface area (Å²) in [4.78, 5) is 14.2. The van der Waals surface area contributed by atoms with Gasteiger partial charge in [-0.15, -0.1) is 9.79 Å². The van der Waals surface area contributed by atoms with E-state index in [1.807, 2.05) is 0 Å². The molecule has 0 amide bonds. The fourth-order valence-corrected chi connectivity index (χ4v) is 0. The molecule has 3 nitrogen and oxygen atoms in total. The Hall–Kier alpha value is 0.617. The minimum Gasteiger partial charge on any atom is -1.00 e. The molecule has 5 heavy (non-hydrogen) atoms. The van der Waals surface area contributed by atoms with Crippen molar-refractivity contribution in [3.8, 4) is 0 Å². The van der Waals surface area contributed by atoms with E-state index in [4.69, 9.17) is 14.4 Å². The van der Waals surface area contributed by atoms with Crippen LogP contribution >= 0.6 is 8.25 Å². The fourth-order valence-electron chi connectivity index (χ4n) is 0. The molecule has 26 valence electrons. The van der Waals surface area contributed by atoms with Gasteiger partial charge in [0.05, 0.1) is 0 Å². The van der Waals surface area contributed by atoms with Crippen LogP contribution in [0.3, 0.4) is 0 Å². The van der Waals surface area contributed by atoms with E-state index >= 15 is 0 Å². The molecule has 0 aliphatic carbocycles. The average Bonchev–Trinajstić information content (AvgIpc) is 0.811. The molecule has 0 aromatic rings. The minimum atomic E-state index is -2.87.